The number of fused-ring (bicyclic) bond motifs is 1. The standard InChI is InChI=1S/C15H14N4O2/c1-9-4-5-16-15(17-9)19-13(20)7-10-2-3-11-8-14(21)18-12(11)6-10/h2-6H,7-8H2,1H3,(H,18,21)(H,16,17,19,20). The molecule has 0 saturated carbocycles. The molecule has 2 N–H and O–H groups in total. The molecule has 3 rings (SSSR count). The Morgan fingerprint density at radius 1 is 1.38 bits per heavy atom. The largest absolute Gasteiger partial charge is 0.326 e. The second kappa shape index (κ2) is 5.32. The van der Waals surface area contributed by atoms with Crippen LogP contribution in [-0.4, -0.2) is 21.8 Å². The van der Waals surface area contributed by atoms with Crippen LogP contribution in [0.4, 0.5) is 11.6 Å². The van der Waals surface area contributed by atoms with E-state index in [4.69, 9.17) is 0 Å². The fraction of sp³-hybridized carbons (Fsp3) is 0.200. The Labute approximate surface area is 121 Å². The smallest absolute Gasteiger partial charge is 0.231 e. The summed E-state index contributed by atoms with van der Waals surface area (Å²) in [6.45, 7) is 1.83. The van der Waals surface area contributed by atoms with E-state index in [1.165, 1.54) is 0 Å². The van der Waals surface area contributed by atoms with Gasteiger partial charge in [0.25, 0.3) is 0 Å². The third-order valence-corrected chi connectivity index (χ3v) is 3.21. The zero-order valence-electron chi connectivity index (χ0n) is 11.5. The van der Waals surface area contributed by atoms with E-state index in [2.05, 4.69) is 20.6 Å². The quantitative estimate of drug-likeness (QED) is 0.892. The molecule has 2 amide bonds. The fourth-order valence-electron chi connectivity index (χ4n) is 2.23. The summed E-state index contributed by atoms with van der Waals surface area (Å²) >= 11 is 0. The Morgan fingerprint density at radius 3 is 3.05 bits per heavy atom. The first-order valence-corrected chi connectivity index (χ1v) is 6.61. The highest BCUT2D eigenvalue weighted by Crippen LogP contribution is 2.24. The number of carbonyl (C=O) groups is 2. The zero-order valence-corrected chi connectivity index (χ0v) is 11.5. The summed E-state index contributed by atoms with van der Waals surface area (Å²) in [5.74, 6) is 0.0964. The van der Waals surface area contributed by atoms with Crippen molar-refractivity contribution in [3.8, 4) is 0 Å². The van der Waals surface area contributed by atoms with Crippen molar-refractivity contribution < 1.29 is 9.59 Å². The van der Waals surface area contributed by atoms with Gasteiger partial charge in [0, 0.05) is 17.6 Å². The lowest BCUT2D eigenvalue weighted by atomic mass is 10.1. The van der Waals surface area contributed by atoms with Crippen LogP contribution in [0.2, 0.25) is 0 Å². The lowest BCUT2D eigenvalue weighted by molar-refractivity contribution is -0.116. The average Bonchev–Trinajstić information content (AvgIpc) is 2.78. The predicted octanol–water partition coefficient (Wildman–Crippen LogP) is 1.46. The van der Waals surface area contributed by atoms with Gasteiger partial charge in [-0.25, -0.2) is 9.97 Å². The summed E-state index contributed by atoms with van der Waals surface area (Å²) in [7, 11) is 0. The average molecular weight is 282 g/mol. The molecule has 2 aromatic rings. The molecule has 0 fully saturated rings. The van der Waals surface area contributed by atoms with Gasteiger partial charge in [0.15, 0.2) is 0 Å². The van der Waals surface area contributed by atoms with E-state index in [1.54, 1.807) is 12.3 Å². The van der Waals surface area contributed by atoms with Gasteiger partial charge >= 0.3 is 0 Å². The highest BCUT2D eigenvalue weighted by Gasteiger charge is 2.18. The Morgan fingerprint density at radius 2 is 2.24 bits per heavy atom. The molecule has 1 aromatic heterocycles. The normalized spacial score (nSPS) is 12.7. The first-order valence-electron chi connectivity index (χ1n) is 6.61. The highest BCUT2D eigenvalue weighted by molar-refractivity contribution is 5.99. The molecule has 2 heterocycles. The van der Waals surface area contributed by atoms with Crippen LogP contribution in [0.5, 0.6) is 0 Å². The first kappa shape index (κ1) is 13.2. The Balaban J connectivity index is 1.68. The second-order valence-electron chi connectivity index (χ2n) is 4.96. The van der Waals surface area contributed by atoms with E-state index in [9.17, 15) is 9.59 Å². The van der Waals surface area contributed by atoms with Crippen LogP contribution in [0.1, 0.15) is 16.8 Å². The third kappa shape index (κ3) is 3.05. The molecule has 0 radical (unpaired) electrons. The van der Waals surface area contributed by atoms with Crippen molar-refractivity contribution in [3.63, 3.8) is 0 Å². The molecule has 1 aromatic carbocycles. The molecule has 0 bridgehead atoms. The van der Waals surface area contributed by atoms with Gasteiger partial charge in [-0.05, 0) is 30.2 Å². The number of rotatable bonds is 3. The van der Waals surface area contributed by atoms with Gasteiger partial charge in [-0.1, -0.05) is 12.1 Å². The molecule has 0 saturated heterocycles. The van der Waals surface area contributed by atoms with Crippen molar-refractivity contribution >= 4 is 23.5 Å². The molecule has 1 aliphatic rings. The number of hydrogen-bond donors (Lipinski definition) is 2. The summed E-state index contributed by atoms with van der Waals surface area (Å²) in [6.07, 6.45) is 2.21. The van der Waals surface area contributed by atoms with E-state index >= 15 is 0 Å². The Bertz CT molecular complexity index is 727. The van der Waals surface area contributed by atoms with Crippen molar-refractivity contribution in [2.45, 2.75) is 19.8 Å². The molecule has 106 valence electrons. The number of nitrogens with one attached hydrogen (secondary N) is 2. The van der Waals surface area contributed by atoms with Gasteiger partial charge < -0.3 is 5.32 Å². The number of nitrogens with zero attached hydrogens (tertiary/aromatic N) is 2. The Kier molecular flexibility index (Phi) is 3.35. The molecular weight excluding hydrogens is 268 g/mol. The second-order valence-corrected chi connectivity index (χ2v) is 4.96. The summed E-state index contributed by atoms with van der Waals surface area (Å²) < 4.78 is 0. The lowest BCUT2D eigenvalue weighted by Gasteiger charge is -2.06. The van der Waals surface area contributed by atoms with Crippen molar-refractivity contribution in [1.29, 1.82) is 0 Å². The monoisotopic (exact) mass is 282 g/mol. The molecular formula is C15H14N4O2. The van der Waals surface area contributed by atoms with Gasteiger partial charge in [-0.15, -0.1) is 0 Å². The molecule has 0 spiro atoms. The van der Waals surface area contributed by atoms with Crippen LogP contribution >= 0.6 is 0 Å². The first-order chi connectivity index (χ1) is 10.1. The number of carbonyl (C=O) groups excluding carboxylic acids is 2. The van der Waals surface area contributed by atoms with Crippen molar-refractivity contribution in [3.05, 3.63) is 47.3 Å². The number of amides is 2. The maximum Gasteiger partial charge on any atom is 0.231 e. The third-order valence-electron chi connectivity index (χ3n) is 3.21. The molecule has 0 aliphatic carbocycles. The van der Waals surface area contributed by atoms with Crippen LogP contribution in [0.25, 0.3) is 0 Å². The van der Waals surface area contributed by atoms with Crippen LogP contribution in [-0.2, 0) is 22.4 Å². The summed E-state index contributed by atoms with van der Waals surface area (Å²) in [6, 6.07) is 7.32. The number of aryl methyl sites for hydroxylation is 1. The van der Waals surface area contributed by atoms with Gasteiger partial charge in [0.2, 0.25) is 17.8 Å². The van der Waals surface area contributed by atoms with E-state index < -0.39 is 0 Å². The summed E-state index contributed by atoms with van der Waals surface area (Å²) in [5, 5.41) is 5.43. The molecule has 0 unspecified atom stereocenters. The van der Waals surface area contributed by atoms with E-state index in [1.807, 2.05) is 25.1 Å². The number of hydrogen-bond acceptors (Lipinski definition) is 4. The minimum Gasteiger partial charge on any atom is -0.326 e. The predicted molar refractivity (Wildman–Crippen MR) is 77.9 cm³/mol. The van der Waals surface area contributed by atoms with Crippen LogP contribution in [0, 0.1) is 6.92 Å². The topological polar surface area (TPSA) is 84.0 Å². The fourth-order valence-corrected chi connectivity index (χ4v) is 2.23. The minimum atomic E-state index is -0.190. The molecule has 6 heteroatoms. The van der Waals surface area contributed by atoms with Gasteiger partial charge in [0.1, 0.15) is 0 Å². The minimum absolute atomic E-state index is 0.0141. The summed E-state index contributed by atoms with van der Waals surface area (Å²) in [5.41, 5.74) is 3.38. The SMILES string of the molecule is Cc1ccnc(NC(=O)Cc2ccc3c(c2)NC(=O)C3)n1. The summed E-state index contributed by atoms with van der Waals surface area (Å²) in [4.78, 5) is 31.4. The molecule has 0 atom stereocenters. The lowest BCUT2D eigenvalue weighted by Crippen LogP contribution is -2.16. The number of aromatic nitrogens is 2. The zero-order chi connectivity index (χ0) is 14.8. The van der Waals surface area contributed by atoms with Gasteiger partial charge in [0.05, 0.1) is 12.8 Å². The van der Waals surface area contributed by atoms with Crippen molar-refractivity contribution in [2.75, 3.05) is 10.6 Å². The number of benzene rings is 1. The van der Waals surface area contributed by atoms with E-state index in [0.717, 1.165) is 22.5 Å². The van der Waals surface area contributed by atoms with Crippen LogP contribution in [0.3, 0.4) is 0 Å². The maximum absolute atomic E-state index is 12.0. The van der Waals surface area contributed by atoms with Crippen LogP contribution < -0.4 is 10.6 Å². The molecule has 6 nitrogen and oxygen atoms in total. The highest BCUT2D eigenvalue weighted by atomic mass is 16.2. The maximum atomic E-state index is 12.0. The van der Waals surface area contributed by atoms with Crippen LogP contribution in [0.15, 0.2) is 30.5 Å². The van der Waals surface area contributed by atoms with Gasteiger partial charge in [-0.2, -0.15) is 0 Å². The molecule has 1 aliphatic heterocycles. The van der Waals surface area contributed by atoms with Gasteiger partial charge in [-0.3, -0.25) is 14.9 Å². The van der Waals surface area contributed by atoms with E-state index in [0.29, 0.717) is 12.4 Å². The number of anilines is 2. The van der Waals surface area contributed by atoms with Crippen molar-refractivity contribution in [2.24, 2.45) is 0 Å². The van der Waals surface area contributed by atoms with E-state index in [-0.39, 0.29) is 18.2 Å². The van der Waals surface area contributed by atoms with Crippen molar-refractivity contribution in [1.82, 2.24) is 9.97 Å². The molecule has 21 heavy (non-hydrogen) atoms. The Hall–Kier alpha value is -2.76.